The summed E-state index contributed by atoms with van der Waals surface area (Å²) in [7, 11) is 0. The molecule has 1 aromatic carbocycles. The molecule has 0 amide bonds. The molecule has 1 atom stereocenters. The molecule has 1 heterocycles. The summed E-state index contributed by atoms with van der Waals surface area (Å²) in [4.78, 5) is 3.94. The average Bonchev–Trinajstić information content (AvgIpc) is 2.97. The Kier molecular flexibility index (Phi) is 5.95. The molecular formula is C16H21NS2. The van der Waals surface area contributed by atoms with Crippen LogP contribution < -0.4 is 0 Å². The summed E-state index contributed by atoms with van der Waals surface area (Å²) in [5.41, 5.74) is 1.39. The van der Waals surface area contributed by atoms with Crippen LogP contribution >= 0.6 is 24.0 Å². The molecule has 1 aromatic heterocycles. The minimum atomic E-state index is 0.504. The van der Waals surface area contributed by atoms with Crippen LogP contribution in [0.25, 0.3) is 0 Å². The summed E-state index contributed by atoms with van der Waals surface area (Å²) < 4.78 is 0. The number of hydrogen-bond acceptors (Lipinski definition) is 3. The maximum atomic E-state index is 4.53. The van der Waals surface area contributed by atoms with Gasteiger partial charge in [-0.3, -0.25) is 4.90 Å². The summed E-state index contributed by atoms with van der Waals surface area (Å²) in [5.74, 6) is 1.40. The molecule has 19 heavy (non-hydrogen) atoms. The van der Waals surface area contributed by atoms with Gasteiger partial charge in [0.2, 0.25) is 0 Å². The van der Waals surface area contributed by atoms with Crippen LogP contribution in [0.5, 0.6) is 0 Å². The van der Waals surface area contributed by atoms with Crippen molar-refractivity contribution in [3.63, 3.8) is 0 Å². The van der Waals surface area contributed by atoms with E-state index in [1.54, 1.807) is 0 Å². The number of thiophene rings is 1. The first-order valence-electron chi connectivity index (χ1n) is 6.74. The van der Waals surface area contributed by atoms with Crippen LogP contribution in [0.15, 0.2) is 47.8 Å². The number of likely N-dealkylation sites (N-methyl/N-ethyl adjacent to an activating group) is 1. The molecule has 0 fully saturated rings. The van der Waals surface area contributed by atoms with Gasteiger partial charge in [0, 0.05) is 23.9 Å². The van der Waals surface area contributed by atoms with Crippen molar-refractivity contribution >= 4 is 24.0 Å². The molecule has 0 bridgehead atoms. The van der Waals surface area contributed by atoms with E-state index < -0.39 is 0 Å². The Balaban J connectivity index is 1.99. The van der Waals surface area contributed by atoms with E-state index >= 15 is 0 Å². The van der Waals surface area contributed by atoms with Gasteiger partial charge in [0.1, 0.15) is 0 Å². The zero-order valence-corrected chi connectivity index (χ0v) is 13.0. The molecule has 0 spiro atoms. The zero-order valence-electron chi connectivity index (χ0n) is 11.3. The van der Waals surface area contributed by atoms with E-state index in [0.29, 0.717) is 5.92 Å². The van der Waals surface area contributed by atoms with Gasteiger partial charge in [0.05, 0.1) is 0 Å². The van der Waals surface area contributed by atoms with E-state index in [1.165, 1.54) is 10.4 Å². The molecule has 0 saturated heterocycles. The van der Waals surface area contributed by atoms with Gasteiger partial charge in [-0.2, -0.15) is 12.6 Å². The van der Waals surface area contributed by atoms with E-state index in [0.717, 1.165) is 25.4 Å². The van der Waals surface area contributed by atoms with Crippen molar-refractivity contribution in [2.75, 3.05) is 18.8 Å². The highest BCUT2D eigenvalue weighted by Crippen LogP contribution is 2.20. The van der Waals surface area contributed by atoms with Gasteiger partial charge in [-0.25, -0.2) is 0 Å². The lowest BCUT2D eigenvalue weighted by molar-refractivity contribution is 0.269. The third kappa shape index (κ3) is 4.37. The highest BCUT2D eigenvalue weighted by atomic mass is 32.1. The molecule has 1 nitrogen and oxygen atoms in total. The van der Waals surface area contributed by atoms with Gasteiger partial charge in [-0.15, -0.1) is 11.3 Å². The largest absolute Gasteiger partial charge is 0.298 e. The van der Waals surface area contributed by atoms with Crippen LogP contribution in [0.1, 0.15) is 23.3 Å². The predicted octanol–water partition coefficient (Wildman–Crippen LogP) is 4.28. The van der Waals surface area contributed by atoms with Crippen molar-refractivity contribution in [2.24, 2.45) is 0 Å². The molecule has 0 aliphatic heterocycles. The van der Waals surface area contributed by atoms with Crippen LogP contribution in [-0.2, 0) is 6.54 Å². The van der Waals surface area contributed by atoms with E-state index in [-0.39, 0.29) is 0 Å². The fourth-order valence-corrected chi connectivity index (χ4v) is 3.31. The summed E-state index contributed by atoms with van der Waals surface area (Å²) in [6.07, 6.45) is 0. The van der Waals surface area contributed by atoms with Gasteiger partial charge in [0.15, 0.2) is 0 Å². The van der Waals surface area contributed by atoms with E-state index in [2.05, 4.69) is 72.3 Å². The van der Waals surface area contributed by atoms with E-state index in [4.69, 9.17) is 0 Å². The van der Waals surface area contributed by atoms with Crippen molar-refractivity contribution in [3.8, 4) is 0 Å². The first-order valence-corrected chi connectivity index (χ1v) is 8.25. The Hall–Kier alpha value is -0.770. The number of nitrogens with zero attached hydrogens (tertiary/aromatic N) is 1. The topological polar surface area (TPSA) is 3.24 Å². The van der Waals surface area contributed by atoms with Crippen molar-refractivity contribution in [1.29, 1.82) is 0 Å². The van der Waals surface area contributed by atoms with E-state index in [1.807, 2.05) is 11.3 Å². The minimum Gasteiger partial charge on any atom is -0.298 e. The Morgan fingerprint density at radius 2 is 1.95 bits per heavy atom. The van der Waals surface area contributed by atoms with Crippen LogP contribution in [-0.4, -0.2) is 23.7 Å². The molecule has 0 N–H and O–H groups in total. The van der Waals surface area contributed by atoms with Crippen molar-refractivity contribution in [2.45, 2.75) is 19.4 Å². The third-order valence-corrected chi connectivity index (χ3v) is 4.68. The fourth-order valence-electron chi connectivity index (χ4n) is 2.23. The molecule has 0 aliphatic carbocycles. The second kappa shape index (κ2) is 7.73. The lowest BCUT2D eigenvalue weighted by atomic mass is 10.0. The van der Waals surface area contributed by atoms with Gasteiger partial charge < -0.3 is 0 Å². The van der Waals surface area contributed by atoms with Crippen molar-refractivity contribution in [1.82, 2.24) is 4.90 Å². The summed E-state index contributed by atoms with van der Waals surface area (Å²) >= 11 is 6.37. The minimum absolute atomic E-state index is 0.504. The van der Waals surface area contributed by atoms with Gasteiger partial charge in [-0.1, -0.05) is 43.3 Å². The van der Waals surface area contributed by atoms with E-state index in [9.17, 15) is 0 Å². The average molecular weight is 291 g/mol. The lowest BCUT2D eigenvalue weighted by Gasteiger charge is -2.25. The number of rotatable bonds is 7. The van der Waals surface area contributed by atoms with Gasteiger partial charge >= 0.3 is 0 Å². The second-order valence-corrected chi connectivity index (χ2v) is 6.09. The zero-order chi connectivity index (χ0) is 13.5. The summed E-state index contributed by atoms with van der Waals surface area (Å²) in [5, 5.41) is 2.15. The summed E-state index contributed by atoms with van der Waals surface area (Å²) in [6.45, 7) is 5.43. The normalized spacial score (nSPS) is 12.8. The Labute approximate surface area is 125 Å². The monoisotopic (exact) mass is 291 g/mol. The van der Waals surface area contributed by atoms with Gasteiger partial charge in [-0.05, 0) is 29.3 Å². The first-order chi connectivity index (χ1) is 9.33. The number of benzene rings is 1. The molecule has 2 rings (SSSR count). The highest BCUT2D eigenvalue weighted by Gasteiger charge is 2.14. The highest BCUT2D eigenvalue weighted by molar-refractivity contribution is 7.80. The van der Waals surface area contributed by atoms with Crippen LogP contribution in [0, 0.1) is 0 Å². The van der Waals surface area contributed by atoms with Crippen LogP contribution in [0.2, 0.25) is 0 Å². The molecule has 0 aliphatic rings. The van der Waals surface area contributed by atoms with Crippen LogP contribution in [0.3, 0.4) is 0 Å². The Bertz CT molecular complexity index is 453. The molecule has 1 unspecified atom stereocenters. The van der Waals surface area contributed by atoms with Crippen LogP contribution in [0.4, 0.5) is 0 Å². The SMILES string of the molecule is CCN(Cc1cccs1)CC(CS)c1ccccc1. The van der Waals surface area contributed by atoms with Gasteiger partial charge in [0.25, 0.3) is 0 Å². The Morgan fingerprint density at radius 1 is 1.16 bits per heavy atom. The smallest absolute Gasteiger partial charge is 0.0328 e. The van der Waals surface area contributed by atoms with Crippen molar-refractivity contribution in [3.05, 3.63) is 58.3 Å². The second-order valence-electron chi connectivity index (χ2n) is 4.70. The van der Waals surface area contributed by atoms with Crippen molar-refractivity contribution < 1.29 is 0 Å². The molecule has 0 saturated carbocycles. The first kappa shape index (κ1) is 14.6. The standard InChI is InChI=1S/C16H21NS2/c1-2-17(12-16-9-6-10-19-16)11-15(13-18)14-7-4-3-5-8-14/h3-10,15,18H,2,11-13H2,1H3. The lowest BCUT2D eigenvalue weighted by Crippen LogP contribution is -2.28. The number of thiol groups is 1. The quantitative estimate of drug-likeness (QED) is 0.745. The fraction of sp³-hybridized carbons (Fsp3) is 0.375. The molecule has 0 radical (unpaired) electrons. The summed E-state index contributed by atoms with van der Waals surface area (Å²) in [6, 6.07) is 15.1. The predicted molar refractivity (Wildman–Crippen MR) is 88.3 cm³/mol. The molecule has 3 heteroatoms. The molecule has 102 valence electrons. The third-order valence-electron chi connectivity index (χ3n) is 3.38. The molecular weight excluding hydrogens is 270 g/mol. The number of hydrogen-bond donors (Lipinski definition) is 1. The molecule has 2 aromatic rings. The maximum Gasteiger partial charge on any atom is 0.0328 e. The Morgan fingerprint density at radius 3 is 2.53 bits per heavy atom. The maximum absolute atomic E-state index is 4.53.